The quantitative estimate of drug-likeness (QED) is 0.455. The highest BCUT2D eigenvalue weighted by Crippen LogP contribution is 2.35. The Kier molecular flexibility index (Phi) is 7.15. The van der Waals surface area contributed by atoms with E-state index in [-0.39, 0.29) is 16.9 Å². The number of hydrogen-bond acceptors (Lipinski definition) is 2. The maximum atomic E-state index is 9.71. The van der Waals surface area contributed by atoms with E-state index in [0.717, 1.165) is 31.2 Å². The van der Waals surface area contributed by atoms with Crippen LogP contribution in [0.1, 0.15) is 58.9 Å². The number of hydrogen-bond donors (Lipinski definition) is 2. The molecule has 1 aromatic rings. The third-order valence-electron chi connectivity index (χ3n) is 4.33. The van der Waals surface area contributed by atoms with Crippen molar-refractivity contribution >= 4 is 0 Å². The minimum Gasteiger partial charge on any atom is -0.504 e. The van der Waals surface area contributed by atoms with E-state index in [1.54, 1.807) is 6.07 Å². The zero-order valence-electron chi connectivity index (χ0n) is 14.9. The van der Waals surface area contributed by atoms with Crippen molar-refractivity contribution in [2.45, 2.75) is 58.8 Å². The van der Waals surface area contributed by atoms with Crippen molar-refractivity contribution < 1.29 is 10.2 Å². The Morgan fingerprint density at radius 3 is 2.35 bits per heavy atom. The number of benzene rings is 1. The van der Waals surface area contributed by atoms with E-state index in [2.05, 4.69) is 46.4 Å². The molecule has 23 heavy (non-hydrogen) atoms. The molecule has 0 fully saturated rings. The summed E-state index contributed by atoms with van der Waals surface area (Å²) >= 11 is 0. The van der Waals surface area contributed by atoms with Crippen LogP contribution in [-0.2, 0) is 5.41 Å². The maximum Gasteiger partial charge on any atom is 0.157 e. The van der Waals surface area contributed by atoms with E-state index >= 15 is 0 Å². The topological polar surface area (TPSA) is 40.5 Å². The van der Waals surface area contributed by atoms with Crippen LogP contribution in [0.3, 0.4) is 0 Å². The summed E-state index contributed by atoms with van der Waals surface area (Å²) < 4.78 is 0. The van der Waals surface area contributed by atoms with Crippen molar-refractivity contribution in [1.82, 2.24) is 0 Å². The molecule has 1 aromatic carbocycles. The van der Waals surface area contributed by atoms with Gasteiger partial charge in [0.1, 0.15) is 0 Å². The van der Waals surface area contributed by atoms with Crippen LogP contribution in [-0.4, -0.2) is 10.2 Å². The number of aromatic hydroxyl groups is 2. The van der Waals surface area contributed by atoms with Crippen LogP contribution in [0.4, 0.5) is 0 Å². The number of phenolic OH excluding ortho intramolecular Hbond substituents is 2. The molecule has 2 N–H and O–H groups in total. The Balaban J connectivity index is 2.70. The van der Waals surface area contributed by atoms with Gasteiger partial charge in [-0.15, -0.1) is 6.58 Å². The zero-order chi connectivity index (χ0) is 17.5. The average molecular weight is 314 g/mol. The fourth-order valence-electron chi connectivity index (χ4n) is 2.55. The molecule has 2 nitrogen and oxygen atoms in total. The average Bonchev–Trinajstić information content (AvgIpc) is 2.49. The molecule has 0 aliphatic carbocycles. The SMILES string of the molecule is C=CC(C)(CC/C=C(\C)CCC=C(C)C)c1ccc(O)c(O)c1. The molecule has 0 spiro atoms. The standard InChI is InChI=1S/C21H30O2/c1-6-21(5,18-12-13-19(22)20(23)15-18)14-8-11-17(4)10-7-9-16(2)3/h6,9,11-13,15,22-23H,1,7-8,10,14H2,2-5H3/b17-11+. The summed E-state index contributed by atoms with van der Waals surface area (Å²) in [6.45, 7) is 12.5. The van der Waals surface area contributed by atoms with Gasteiger partial charge in [0.05, 0.1) is 0 Å². The summed E-state index contributed by atoms with van der Waals surface area (Å²) in [5.74, 6) is -0.167. The highest BCUT2D eigenvalue weighted by molar-refractivity contribution is 5.44. The predicted octanol–water partition coefficient (Wildman–Crippen LogP) is 6.01. The minimum atomic E-state index is -0.220. The smallest absolute Gasteiger partial charge is 0.157 e. The summed E-state index contributed by atoms with van der Waals surface area (Å²) in [4.78, 5) is 0. The van der Waals surface area contributed by atoms with Crippen LogP contribution >= 0.6 is 0 Å². The van der Waals surface area contributed by atoms with E-state index in [1.165, 1.54) is 17.2 Å². The van der Waals surface area contributed by atoms with Crippen LogP contribution in [0.5, 0.6) is 11.5 Å². The van der Waals surface area contributed by atoms with Gasteiger partial charge in [0.25, 0.3) is 0 Å². The highest BCUT2D eigenvalue weighted by atomic mass is 16.3. The molecule has 0 aliphatic heterocycles. The summed E-state index contributed by atoms with van der Waals surface area (Å²) in [5, 5.41) is 19.2. The van der Waals surface area contributed by atoms with E-state index in [9.17, 15) is 10.2 Å². The molecule has 0 radical (unpaired) electrons. The molecule has 0 amide bonds. The Bertz CT molecular complexity index is 592. The molecule has 0 aliphatic rings. The first-order chi connectivity index (χ1) is 10.8. The van der Waals surface area contributed by atoms with Crippen LogP contribution in [0.15, 0.2) is 54.2 Å². The van der Waals surface area contributed by atoms with Gasteiger partial charge in [0, 0.05) is 5.41 Å². The second-order valence-electron chi connectivity index (χ2n) is 6.73. The zero-order valence-corrected chi connectivity index (χ0v) is 14.9. The third-order valence-corrected chi connectivity index (χ3v) is 4.33. The fourth-order valence-corrected chi connectivity index (χ4v) is 2.55. The summed E-state index contributed by atoms with van der Waals surface area (Å²) in [5.41, 5.74) is 3.52. The van der Waals surface area contributed by atoms with Crippen molar-refractivity contribution in [3.05, 3.63) is 59.7 Å². The Morgan fingerprint density at radius 2 is 1.78 bits per heavy atom. The normalized spacial score (nSPS) is 14.2. The minimum absolute atomic E-state index is 0.0796. The van der Waals surface area contributed by atoms with Gasteiger partial charge in [0.15, 0.2) is 11.5 Å². The lowest BCUT2D eigenvalue weighted by Gasteiger charge is -2.26. The van der Waals surface area contributed by atoms with Crippen LogP contribution in [0.2, 0.25) is 0 Å². The third kappa shape index (κ3) is 5.97. The molecular formula is C21H30O2. The number of rotatable bonds is 8. The molecule has 0 bridgehead atoms. The van der Waals surface area contributed by atoms with Gasteiger partial charge in [-0.05, 0) is 64.2 Å². The fraction of sp³-hybridized carbons (Fsp3) is 0.429. The van der Waals surface area contributed by atoms with Crippen molar-refractivity contribution in [1.29, 1.82) is 0 Å². The molecule has 0 heterocycles. The van der Waals surface area contributed by atoms with E-state index < -0.39 is 0 Å². The summed E-state index contributed by atoms with van der Waals surface area (Å²) in [6.07, 6.45) is 10.5. The van der Waals surface area contributed by atoms with Gasteiger partial charge in [-0.2, -0.15) is 0 Å². The van der Waals surface area contributed by atoms with Crippen molar-refractivity contribution in [2.75, 3.05) is 0 Å². The van der Waals surface area contributed by atoms with Gasteiger partial charge in [-0.1, -0.05) is 42.4 Å². The van der Waals surface area contributed by atoms with Crippen molar-refractivity contribution in [3.63, 3.8) is 0 Å². The monoisotopic (exact) mass is 314 g/mol. The molecule has 1 rings (SSSR count). The lowest BCUT2D eigenvalue weighted by atomic mass is 9.78. The first kappa shape index (κ1) is 19.1. The predicted molar refractivity (Wildman–Crippen MR) is 99.0 cm³/mol. The Morgan fingerprint density at radius 1 is 1.09 bits per heavy atom. The van der Waals surface area contributed by atoms with Crippen LogP contribution in [0, 0.1) is 0 Å². The summed E-state index contributed by atoms with van der Waals surface area (Å²) in [6, 6.07) is 5.01. The Labute approximate surface area is 140 Å². The molecule has 1 atom stereocenters. The molecular weight excluding hydrogens is 284 g/mol. The van der Waals surface area contributed by atoms with Gasteiger partial charge < -0.3 is 10.2 Å². The van der Waals surface area contributed by atoms with Crippen LogP contribution < -0.4 is 0 Å². The lowest BCUT2D eigenvalue weighted by molar-refractivity contribution is 0.401. The van der Waals surface area contributed by atoms with Crippen LogP contribution in [0.25, 0.3) is 0 Å². The number of phenols is 2. The second kappa shape index (κ2) is 8.61. The van der Waals surface area contributed by atoms with E-state index in [4.69, 9.17) is 0 Å². The molecule has 126 valence electrons. The molecule has 0 saturated carbocycles. The summed E-state index contributed by atoms with van der Waals surface area (Å²) in [7, 11) is 0. The first-order valence-corrected chi connectivity index (χ1v) is 8.23. The van der Waals surface area contributed by atoms with Crippen molar-refractivity contribution in [3.8, 4) is 11.5 Å². The van der Waals surface area contributed by atoms with Gasteiger partial charge in [0.2, 0.25) is 0 Å². The van der Waals surface area contributed by atoms with E-state index in [1.807, 2.05) is 12.1 Å². The molecule has 0 aromatic heterocycles. The van der Waals surface area contributed by atoms with Gasteiger partial charge >= 0.3 is 0 Å². The van der Waals surface area contributed by atoms with Gasteiger partial charge in [-0.3, -0.25) is 0 Å². The molecule has 2 heteroatoms. The maximum absolute atomic E-state index is 9.71. The van der Waals surface area contributed by atoms with E-state index in [0.29, 0.717) is 0 Å². The van der Waals surface area contributed by atoms with Gasteiger partial charge in [-0.25, -0.2) is 0 Å². The Hall–Kier alpha value is -1.96. The first-order valence-electron chi connectivity index (χ1n) is 8.23. The lowest BCUT2D eigenvalue weighted by Crippen LogP contribution is -2.18. The molecule has 1 unspecified atom stereocenters. The number of allylic oxidation sites excluding steroid dienone is 5. The largest absolute Gasteiger partial charge is 0.504 e. The van der Waals surface area contributed by atoms with Crippen molar-refractivity contribution in [2.24, 2.45) is 0 Å². The highest BCUT2D eigenvalue weighted by Gasteiger charge is 2.23. The molecule has 0 saturated heterocycles. The second-order valence-corrected chi connectivity index (χ2v) is 6.73.